The van der Waals surface area contributed by atoms with Gasteiger partial charge in [-0.05, 0) is 57.7 Å². The molecule has 41 heavy (non-hydrogen) atoms. The first-order valence-corrected chi connectivity index (χ1v) is 13.6. The molecule has 9 nitrogen and oxygen atoms in total. The van der Waals surface area contributed by atoms with Crippen molar-refractivity contribution in [2.45, 2.75) is 85.8 Å². The fraction of sp³-hybridized carbons (Fsp3) is 0.500. The molecule has 0 aliphatic heterocycles. The molecule has 0 spiro atoms. The van der Waals surface area contributed by atoms with E-state index < -0.39 is 47.0 Å². The van der Waals surface area contributed by atoms with Crippen molar-refractivity contribution in [1.29, 1.82) is 0 Å². The van der Waals surface area contributed by atoms with Gasteiger partial charge in [0.15, 0.2) is 0 Å². The Labute approximate surface area is 242 Å². The number of esters is 4. The molecule has 2 aromatic rings. The lowest BCUT2D eigenvalue weighted by molar-refractivity contribution is -0.198. The number of hydrogen-bond donors (Lipinski definition) is 1. The monoisotopic (exact) mass is 569 g/mol. The van der Waals surface area contributed by atoms with Crippen molar-refractivity contribution in [2.24, 2.45) is 10.8 Å². The summed E-state index contributed by atoms with van der Waals surface area (Å²) in [7, 11) is 1.55. The van der Waals surface area contributed by atoms with E-state index in [-0.39, 0.29) is 18.6 Å². The number of likely N-dealkylation sites (N-methyl/N-ethyl adjacent to an activating group) is 1. The van der Waals surface area contributed by atoms with Crippen LogP contribution in [0.1, 0.15) is 66.0 Å². The van der Waals surface area contributed by atoms with Crippen LogP contribution in [0.2, 0.25) is 0 Å². The van der Waals surface area contributed by atoms with Gasteiger partial charge in [0.2, 0.25) is 12.2 Å². The highest BCUT2D eigenvalue weighted by molar-refractivity contribution is 5.91. The summed E-state index contributed by atoms with van der Waals surface area (Å²) < 4.78 is 22.1. The lowest BCUT2D eigenvalue weighted by Crippen LogP contribution is -2.53. The van der Waals surface area contributed by atoms with Gasteiger partial charge in [-0.15, -0.1) is 0 Å². The molecule has 0 radical (unpaired) electrons. The second-order valence-corrected chi connectivity index (χ2v) is 12.3. The smallest absolute Gasteiger partial charge is 0.352 e. The van der Waals surface area contributed by atoms with E-state index in [1.807, 2.05) is 32.9 Å². The summed E-state index contributed by atoms with van der Waals surface area (Å²) in [6.07, 6.45) is -3.41. The highest BCUT2D eigenvalue weighted by atomic mass is 16.6. The molecule has 0 amide bonds. The number of carbonyl (C=O) groups is 4. The van der Waals surface area contributed by atoms with Crippen LogP contribution < -0.4 is 5.32 Å². The second kappa shape index (κ2) is 14.3. The zero-order valence-corrected chi connectivity index (χ0v) is 25.3. The maximum absolute atomic E-state index is 13.5. The zero-order chi connectivity index (χ0) is 30.8. The standard InChI is InChI=1S/C32H43NO8/c1-30(2,3)21-31(4,5)28(36)40-24(26(34)38-19-22-15-11-9-12-16-22)25(41-29(37)32(6,7)33-8)27(35)39-20-23-17-13-10-14-18-23/h9-18,24-25,33H,19-21H2,1-8H3. The third kappa shape index (κ3) is 10.6. The number of benzene rings is 2. The molecular weight excluding hydrogens is 526 g/mol. The van der Waals surface area contributed by atoms with Gasteiger partial charge in [0.25, 0.3) is 0 Å². The van der Waals surface area contributed by atoms with Crippen LogP contribution in [0, 0.1) is 10.8 Å². The molecule has 0 saturated heterocycles. The Morgan fingerprint density at radius 3 is 1.41 bits per heavy atom. The number of rotatable bonds is 13. The van der Waals surface area contributed by atoms with E-state index in [0.29, 0.717) is 17.5 Å². The molecule has 0 heterocycles. The minimum Gasteiger partial charge on any atom is -0.458 e. The Balaban J connectivity index is 2.44. The third-order valence-corrected chi connectivity index (χ3v) is 6.32. The van der Waals surface area contributed by atoms with Crippen LogP contribution in [0.3, 0.4) is 0 Å². The van der Waals surface area contributed by atoms with Gasteiger partial charge in [-0.3, -0.25) is 9.59 Å². The summed E-state index contributed by atoms with van der Waals surface area (Å²) in [6.45, 7) is 12.1. The molecule has 9 heteroatoms. The number of ether oxygens (including phenoxy) is 4. The van der Waals surface area contributed by atoms with Crippen molar-refractivity contribution in [2.75, 3.05) is 7.05 Å². The fourth-order valence-corrected chi connectivity index (χ4v) is 4.13. The Kier molecular flexibility index (Phi) is 11.6. The van der Waals surface area contributed by atoms with Crippen molar-refractivity contribution in [3.63, 3.8) is 0 Å². The third-order valence-electron chi connectivity index (χ3n) is 6.32. The Morgan fingerprint density at radius 1 is 0.659 bits per heavy atom. The van der Waals surface area contributed by atoms with E-state index in [4.69, 9.17) is 18.9 Å². The minimum atomic E-state index is -1.92. The largest absolute Gasteiger partial charge is 0.458 e. The van der Waals surface area contributed by atoms with Crippen LogP contribution in [-0.4, -0.2) is 48.7 Å². The minimum absolute atomic E-state index is 0.152. The average molecular weight is 570 g/mol. The molecule has 0 aliphatic rings. The summed E-state index contributed by atoms with van der Waals surface area (Å²) in [5.41, 5.74) is -1.17. The predicted octanol–water partition coefficient (Wildman–Crippen LogP) is 4.76. The molecule has 0 aromatic heterocycles. The molecule has 0 saturated carbocycles. The zero-order valence-electron chi connectivity index (χ0n) is 25.3. The van der Waals surface area contributed by atoms with E-state index in [0.717, 1.165) is 0 Å². The molecule has 0 fully saturated rings. The van der Waals surface area contributed by atoms with Crippen LogP contribution in [0.15, 0.2) is 60.7 Å². The number of carbonyl (C=O) groups excluding carboxylic acids is 4. The number of nitrogens with one attached hydrogen (secondary N) is 1. The van der Waals surface area contributed by atoms with Crippen molar-refractivity contribution in [3.8, 4) is 0 Å². The summed E-state index contributed by atoms with van der Waals surface area (Å²) in [4.78, 5) is 53.4. The average Bonchev–Trinajstić information content (AvgIpc) is 2.91. The van der Waals surface area contributed by atoms with E-state index in [9.17, 15) is 19.2 Å². The van der Waals surface area contributed by atoms with Crippen LogP contribution in [-0.2, 0) is 51.3 Å². The fourth-order valence-electron chi connectivity index (χ4n) is 4.13. The van der Waals surface area contributed by atoms with E-state index in [2.05, 4.69) is 5.32 Å². The molecule has 0 aliphatic carbocycles. The topological polar surface area (TPSA) is 117 Å². The highest BCUT2D eigenvalue weighted by Gasteiger charge is 2.47. The van der Waals surface area contributed by atoms with Gasteiger partial charge in [0.05, 0.1) is 5.41 Å². The van der Waals surface area contributed by atoms with Gasteiger partial charge >= 0.3 is 23.9 Å². The first-order chi connectivity index (χ1) is 19.1. The normalized spacial score (nSPS) is 13.5. The van der Waals surface area contributed by atoms with Crippen molar-refractivity contribution in [3.05, 3.63) is 71.8 Å². The molecule has 1 N–H and O–H groups in total. The second-order valence-electron chi connectivity index (χ2n) is 12.3. The van der Waals surface area contributed by atoms with Crippen molar-refractivity contribution in [1.82, 2.24) is 5.32 Å². The van der Waals surface area contributed by atoms with Crippen LogP contribution in [0.4, 0.5) is 0 Å². The summed E-state index contributed by atoms with van der Waals surface area (Å²) in [6, 6.07) is 17.7. The lowest BCUT2D eigenvalue weighted by atomic mass is 9.76. The van der Waals surface area contributed by atoms with Crippen molar-refractivity contribution < 1.29 is 38.1 Å². The Morgan fingerprint density at radius 2 is 1.05 bits per heavy atom. The summed E-state index contributed by atoms with van der Waals surface area (Å²) in [5, 5.41) is 2.80. The SMILES string of the molecule is CNC(C)(C)C(=O)OC(C(=O)OCc1ccccc1)C(OC(=O)C(C)(C)CC(C)(C)C)C(=O)OCc1ccccc1. The first-order valence-electron chi connectivity index (χ1n) is 13.6. The molecule has 2 aromatic carbocycles. The van der Waals surface area contributed by atoms with Gasteiger partial charge < -0.3 is 24.3 Å². The quantitative estimate of drug-likeness (QED) is 0.269. The maximum Gasteiger partial charge on any atom is 0.352 e. The highest BCUT2D eigenvalue weighted by Crippen LogP contribution is 2.35. The van der Waals surface area contributed by atoms with Crippen molar-refractivity contribution >= 4 is 23.9 Å². The Bertz CT molecular complexity index is 1170. The lowest BCUT2D eigenvalue weighted by Gasteiger charge is -2.33. The molecule has 0 bridgehead atoms. The van der Waals surface area contributed by atoms with E-state index in [1.165, 1.54) is 0 Å². The van der Waals surface area contributed by atoms with Gasteiger partial charge in [0.1, 0.15) is 18.8 Å². The summed E-state index contributed by atoms with van der Waals surface area (Å²) >= 11 is 0. The summed E-state index contributed by atoms with van der Waals surface area (Å²) in [5.74, 6) is -3.71. The van der Waals surface area contributed by atoms with Crippen LogP contribution >= 0.6 is 0 Å². The van der Waals surface area contributed by atoms with Gasteiger partial charge in [0, 0.05) is 0 Å². The molecule has 2 atom stereocenters. The Hall–Kier alpha value is -3.72. The molecule has 224 valence electrons. The van der Waals surface area contributed by atoms with E-state index in [1.54, 1.807) is 83.3 Å². The molecule has 2 rings (SSSR count). The van der Waals surface area contributed by atoms with E-state index >= 15 is 0 Å². The predicted molar refractivity (Wildman–Crippen MR) is 153 cm³/mol. The van der Waals surface area contributed by atoms with Gasteiger partial charge in [-0.25, -0.2) is 9.59 Å². The molecule has 2 unspecified atom stereocenters. The first kappa shape index (κ1) is 33.5. The maximum atomic E-state index is 13.5. The van der Waals surface area contributed by atoms with Gasteiger partial charge in [-0.2, -0.15) is 0 Å². The van der Waals surface area contributed by atoms with Crippen LogP contribution in [0.25, 0.3) is 0 Å². The molecular formula is C32H43NO8. The van der Waals surface area contributed by atoms with Gasteiger partial charge in [-0.1, -0.05) is 81.4 Å². The van der Waals surface area contributed by atoms with Crippen LogP contribution in [0.5, 0.6) is 0 Å². The number of hydrogen-bond acceptors (Lipinski definition) is 9.